The molecule has 10 heteroatoms. The van der Waals surface area contributed by atoms with E-state index in [4.69, 9.17) is 4.74 Å². The van der Waals surface area contributed by atoms with Gasteiger partial charge in [0.05, 0.1) is 0 Å². The molecule has 0 saturated carbocycles. The number of likely N-dealkylation sites (tertiary alicyclic amines) is 1. The number of piperazine rings is 1. The Morgan fingerprint density at radius 2 is 1.66 bits per heavy atom. The van der Waals surface area contributed by atoms with Crippen LogP contribution in [-0.4, -0.2) is 79.4 Å². The van der Waals surface area contributed by atoms with E-state index < -0.39 is 15.6 Å². The van der Waals surface area contributed by atoms with E-state index in [9.17, 15) is 18.0 Å². The van der Waals surface area contributed by atoms with Gasteiger partial charge in [-0.2, -0.15) is 4.31 Å². The Hall–Kier alpha value is -1.65. The molecule has 0 bridgehead atoms. The van der Waals surface area contributed by atoms with Crippen LogP contribution in [0.4, 0.5) is 4.79 Å². The van der Waals surface area contributed by atoms with Crippen molar-refractivity contribution in [2.75, 3.05) is 39.3 Å². The summed E-state index contributed by atoms with van der Waals surface area (Å²) in [6, 6.07) is 3.33. The Bertz CT molecular complexity index is 817. The van der Waals surface area contributed by atoms with Crippen LogP contribution in [0.5, 0.6) is 0 Å². The van der Waals surface area contributed by atoms with Gasteiger partial charge in [-0.25, -0.2) is 13.2 Å². The Morgan fingerprint density at radius 3 is 2.17 bits per heavy atom. The second kappa shape index (κ2) is 8.61. The van der Waals surface area contributed by atoms with Gasteiger partial charge in [-0.3, -0.25) is 4.79 Å². The van der Waals surface area contributed by atoms with Crippen molar-refractivity contribution in [3.05, 3.63) is 17.5 Å². The largest absolute Gasteiger partial charge is 0.444 e. The quantitative estimate of drug-likeness (QED) is 0.715. The summed E-state index contributed by atoms with van der Waals surface area (Å²) >= 11 is 1.21. The molecule has 1 aromatic heterocycles. The molecule has 0 N–H and O–H groups in total. The van der Waals surface area contributed by atoms with Crippen molar-refractivity contribution >= 4 is 33.4 Å². The molecule has 8 nitrogen and oxygen atoms in total. The normalized spacial score (nSPS) is 20.0. The molecule has 0 unspecified atom stereocenters. The first-order valence-corrected chi connectivity index (χ1v) is 12.2. The number of thiophene rings is 1. The fraction of sp³-hybridized carbons (Fsp3) is 0.684. The molecule has 0 atom stereocenters. The lowest BCUT2D eigenvalue weighted by molar-refractivity contribution is -0.138. The van der Waals surface area contributed by atoms with E-state index in [1.54, 1.807) is 27.3 Å². The van der Waals surface area contributed by atoms with Crippen molar-refractivity contribution in [1.29, 1.82) is 0 Å². The summed E-state index contributed by atoms with van der Waals surface area (Å²) in [5.41, 5.74) is -0.535. The SMILES string of the molecule is CC(C)(C)OC(=O)N1CCC(C(=O)N2CCN(S(=O)(=O)c3cccs3)CC2)CC1. The van der Waals surface area contributed by atoms with E-state index in [2.05, 4.69) is 0 Å². The van der Waals surface area contributed by atoms with E-state index in [1.165, 1.54) is 15.6 Å². The van der Waals surface area contributed by atoms with Crippen LogP contribution in [0.25, 0.3) is 0 Å². The topological polar surface area (TPSA) is 87.2 Å². The predicted molar refractivity (Wildman–Crippen MR) is 110 cm³/mol. The smallest absolute Gasteiger partial charge is 0.410 e. The van der Waals surface area contributed by atoms with Crippen LogP contribution < -0.4 is 0 Å². The highest BCUT2D eigenvalue weighted by molar-refractivity contribution is 7.91. The third kappa shape index (κ3) is 5.29. The molecule has 3 heterocycles. The number of amides is 2. The van der Waals surface area contributed by atoms with E-state index in [-0.39, 0.29) is 17.9 Å². The summed E-state index contributed by atoms with van der Waals surface area (Å²) in [5, 5.41) is 1.75. The third-order valence-electron chi connectivity index (χ3n) is 5.14. The first-order valence-electron chi connectivity index (χ1n) is 9.88. The molecule has 0 radical (unpaired) electrons. The zero-order chi connectivity index (χ0) is 21.2. The fourth-order valence-corrected chi connectivity index (χ4v) is 6.15. The molecule has 29 heavy (non-hydrogen) atoms. The van der Waals surface area contributed by atoms with E-state index in [1.807, 2.05) is 20.8 Å². The monoisotopic (exact) mass is 443 g/mol. The zero-order valence-electron chi connectivity index (χ0n) is 17.2. The maximum Gasteiger partial charge on any atom is 0.410 e. The number of piperidine rings is 1. The third-order valence-corrected chi connectivity index (χ3v) is 8.41. The number of carbonyl (C=O) groups is 2. The van der Waals surface area contributed by atoms with Crippen molar-refractivity contribution in [3.63, 3.8) is 0 Å². The van der Waals surface area contributed by atoms with Gasteiger partial charge in [0.1, 0.15) is 9.81 Å². The standard InChI is InChI=1S/C19H29N3O5S2/c1-19(2,3)27-18(24)21-8-6-15(7-9-21)17(23)20-10-12-22(13-11-20)29(25,26)16-5-4-14-28-16/h4-5,14-15H,6-13H2,1-3H3. The summed E-state index contributed by atoms with van der Waals surface area (Å²) < 4.78 is 32.4. The number of hydrogen-bond donors (Lipinski definition) is 0. The molecule has 1 aromatic rings. The summed E-state index contributed by atoms with van der Waals surface area (Å²) in [5.74, 6) is -0.0730. The minimum Gasteiger partial charge on any atom is -0.444 e. The van der Waals surface area contributed by atoms with Gasteiger partial charge in [-0.1, -0.05) is 6.07 Å². The van der Waals surface area contributed by atoms with Gasteiger partial charge in [-0.05, 0) is 45.1 Å². The van der Waals surface area contributed by atoms with Gasteiger partial charge >= 0.3 is 6.09 Å². The van der Waals surface area contributed by atoms with E-state index >= 15 is 0 Å². The number of hydrogen-bond acceptors (Lipinski definition) is 6. The highest BCUT2D eigenvalue weighted by Crippen LogP contribution is 2.25. The minimum absolute atomic E-state index is 0.0574. The first kappa shape index (κ1) is 22.0. The van der Waals surface area contributed by atoms with Crippen molar-refractivity contribution < 1.29 is 22.7 Å². The van der Waals surface area contributed by atoms with Gasteiger partial charge in [0.25, 0.3) is 10.0 Å². The average molecular weight is 444 g/mol. The maximum absolute atomic E-state index is 12.9. The van der Waals surface area contributed by atoms with E-state index in [0.29, 0.717) is 56.3 Å². The van der Waals surface area contributed by atoms with Crippen molar-refractivity contribution in [2.24, 2.45) is 5.92 Å². The van der Waals surface area contributed by atoms with Crippen LogP contribution in [0.2, 0.25) is 0 Å². The summed E-state index contributed by atoms with van der Waals surface area (Å²) in [6.45, 7) is 7.91. The van der Waals surface area contributed by atoms with Crippen molar-refractivity contribution in [2.45, 2.75) is 43.4 Å². The molecule has 162 valence electrons. The van der Waals surface area contributed by atoms with Crippen LogP contribution in [0.1, 0.15) is 33.6 Å². The highest BCUT2D eigenvalue weighted by Gasteiger charge is 2.35. The molecule has 0 spiro atoms. The van der Waals surface area contributed by atoms with Gasteiger partial charge in [-0.15, -0.1) is 11.3 Å². The van der Waals surface area contributed by atoms with Crippen molar-refractivity contribution in [3.8, 4) is 0 Å². The first-order chi connectivity index (χ1) is 13.6. The molecule has 2 amide bonds. The Kier molecular flexibility index (Phi) is 6.54. The highest BCUT2D eigenvalue weighted by atomic mass is 32.2. The average Bonchev–Trinajstić information content (AvgIpc) is 3.22. The lowest BCUT2D eigenvalue weighted by Gasteiger charge is -2.38. The molecule has 2 saturated heterocycles. The molecule has 2 aliphatic rings. The lowest BCUT2D eigenvalue weighted by Crippen LogP contribution is -2.53. The predicted octanol–water partition coefficient (Wildman–Crippen LogP) is 2.23. The number of carbonyl (C=O) groups excluding carboxylic acids is 2. The van der Waals surface area contributed by atoms with Crippen LogP contribution in [0, 0.1) is 5.92 Å². The van der Waals surface area contributed by atoms with Crippen LogP contribution in [0.15, 0.2) is 21.7 Å². The summed E-state index contributed by atoms with van der Waals surface area (Å²) in [4.78, 5) is 28.4. The Morgan fingerprint density at radius 1 is 1.03 bits per heavy atom. The molecular weight excluding hydrogens is 414 g/mol. The lowest BCUT2D eigenvalue weighted by atomic mass is 9.95. The number of rotatable bonds is 3. The van der Waals surface area contributed by atoms with Gasteiger partial charge in [0.2, 0.25) is 5.91 Å². The van der Waals surface area contributed by atoms with Gasteiger partial charge in [0, 0.05) is 45.2 Å². The second-order valence-electron chi connectivity index (χ2n) is 8.40. The van der Waals surface area contributed by atoms with Gasteiger partial charge < -0.3 is 14.5 Å². The van der Waals surface area contributed by atoms with Crippen molar-refractivity contribution in [1.82, 2.24) is 14.1 Å². The number of sulfonamides is 1. The number of nitrogens with zero attached hydrogens (tertiary/aromatic N) is 3. The molecular formula is C19H29N3O5S2. The minimum atomic E-state index is -3.47. The maximum atomic E-state index is 12.9. The van der Waals surface area contributed by atoms with E-state index in [0.717, 1.165) is 0 Å². The molecule has 3 rings (SSSR count). The molecule has 2 fully saturated rings. The van der Waals surface area contributed by atoms with Crippen LogP contribution in [-0.2, 0) is 19.6 Å². The fourth-order valence-electron chi connectivity index (χ4n) is 3.58. The number of ether oxygens (including phenoxy) is 1. The van der Waals surface area contributed by atoms with Gasteiger partial charge in [0.15, 0.2) is 0 Å². The van der Waals surface area contributed by atoms with Crippen LogP contribution >= 0.6 is 11.3 Å². The summed E-state index contributed by atoms with van der Waals surface area (Å²) in [6.07, 6.45) is 0.869. The second-order valence-corrected chi connectivity index (χ2v) is 11.5. The summed E-state index contributed by atoms with van der Waals surface area (Å²) in [7, 11) is -3.47. The van der Waals surface area contributed by atoms with Crippen LogP contribution in [0.3, 0.4) is 0 Å². The Labute approximate surface area is 176 Å². The molecule has 0 aromatic carbocycles. The molecule has 0 aliphatic carbocycles. The molecule has 2 aliphatic heterocycles. The Balaban J connectivity index is 1.49. The zero-order valence-corrected chi connectivity index (χ0v) is 18.8.